The van der Waals surface area contributed by atoms with Crippen molar-refractivity contribution in [3.05, 3.63) is 0 Å². The molecular weight excluding hydrogens is 172 g/mol. The highest BCUT2D eigenvalue weighted by Crippen LogP contribution is 2.18. The van der Waals surface area contributed by atoms with Gasteiger partial charge < -0.3 is 15.3 Å². The first-order valence-corrected chi connectivity index (χ1v) is 4.33. The minimum Gasteiger partial charge on any atom is -0.481 e. The van der Waals surface area contributed by atoms with Crippen LogP contribution in [0, 0.1) is 0 Å². The lowest BCUT2D eigenvalue weighted by Crippen LogP contribution is -2.39. The van der Waals surface area contributed by atoms with Gasteiger partial charge >= 0.3 is 12.0 Å². The van der Waals surface area contributed by atoms with E-state index in [-0.39, 0.29) is 19.0 Å². The number of rotatable bonds is 4. The molecule has 0 aromatic heterocycles. The van der Waals surface area contributed by atoms with Crippen molar-refractivity contribution in [1.82, 2.24) is 10.2 Å². The number of nitrogens with zero attached hydrogens (tertiary/aromatic N) is 1. The van der Waals surface area contributed by atoms with E-state index >= 15 is 0 Å². The Balaban J connectivity index is 2.16. The van der Waals surface area contributed by atoms with Crippen LogP contribution in [0.1, 0.15) is 19.3 Å². The Bertz CT molecular complexity index is 213. The predicted octanol–water partition coefficient (Wildman–Crippen LogP) is 0.265. The first-order chi connectivity index (χ1) is 6.09. The Morgan fingerprint density at radius 2 is 2.15 bits per heavy atom. The zero-order valence-corrected chi connectivity index (χ0v) is 7.62. The fourth-order valence-corrected chi connectivity index (χ4v) is 0.877. The number of carboxylic acids is 1. The predicted molar refractivity (Wildman–Crippen MR) is 46.4 cm³/mol. The van der Waals surface area contributed by atoms with E-state index in [1.807, 2.05) is 0 Å². The van der Waals surface area contributed by atoms with Crippen molar-refractivity contribution in [3.63, 3.8) is 0 Å². The van der Waals surface area contributed by atoms with Crippen molar-refractivity contribution < 1.29 is 14.7 Å². The molecule has 0 aliphatic heterocycles. The number of nitrogens with one attached hydrogen (secondary N) is 1. The lowest BCUT2D eigenvalue weighted by atomic mass is 10.4. The molecular formula is C8H14N2O3. The van der Waals surface area contributed by atoms with Crippen LogP contribution in [0.25, 0.3) is 0 Å². The zero-order valence-electron chi connectivity index (χ0n) is 7.62. The van der Waals surface area contributed by atoms with Crippen molar-refractivity contribution in [2.45, 2.75) is 25.3 Å². The normalized spacial score (nSPS) is 15.2. The fraction of sp³-hybridized carbons (Fsp3) is 0.750. The maximum atomic E-state index is 11.2. The third-order valence-corrected chi connectivity index (χ3v) is 1.91. The van der Waals surface area contributed by atoms with Gasteiger partial charge in [0.2, 0.25) is 0 Å². The molecule has 5 heteroatoms. The van der Waals surface area contributed by atoms with E-state index in [2.05, 4.69) is 5.32 Å². The minimum atomic E-state index is -0.883. The maximum Gasteiger partial charge on any atom is 0.317 e. The molecule has 2 N–H and O–H groups in total. The molecule has 0 bridgehead atoms. The summed E-state index contributed by atoms with van der Waals surface area (Å²) in [5.74, 6) is -0.883. The van der Waals surface area contributed by atoms with Crippen LogP contribution in [0.15, 0.2) is 0 Å². The van der Waals surface area contributed by atoms with E-state index in [0.717, 1.165) is 12.8 Å². The molecule has 74 valence electrons. The second-order valence-corrected chi connectivity index (χ2v) is 3.29. The Morgan fingerprint density at radius 1 is 1.54 bits per heavy atom. The van der Waals surface area contributed by atoms with Crippen LogP contribution < -0.4 is 5.32 Å². The summed E-state index contributed by atoms with van der Waals surface area (Å²) in [5, 5.41) is 11.2. The molecule has 0 unspecified atom stereocenters. The maximum absolute atomic E-state index is 11.2. The van der Waals surface area contributed by atoms with E-state index in [1.165, 1.54) is 4.90 Å². The number of amides is 2. The molecule has 0 atom stereocenters. The minimum absolute atomic E-state index is 0.00537. The van der Waals surface area contributed by atoms with Gasteiger partial charge in [-0.25, -0.2) is 4.79 Å². The van der Waals surface area contributed by atoms with Crippen LogP contribution in [0.3, 0.4) is 0 Å². The van der Waals surface area contributed by atoms with Gasteiger partial charge in [0.1, 0.15) is 0 Å². The Morgan fingerprint density at radius 3 is 2.62 bits per heavy atom. The number of hydrogen-bond donors (Lipinski definition) is 2. The van der Waals surface area contributed by atoms with Crippen molar-refractivity contribution in [2.24, 2.45) is 0 Å². The molecule has 0 aromatic rings. The summed E-state index contributed by atoms with van der Waals surface area (Å²) in [6.45, 7) is 0.258. The summed E-state index contributed by atoms with van der Waals surface area (Å²) >= 11 is 0. The summed E-state index contributed by atoms with van der Waals surface area (Å²) in [4.78, 5) is 22.8. The van der Waals surface area contributed by atoms with Gasteiger partial charge in [-0.15, -0.1) is 0 Å². The molecule has 1 aliphatic rings. The third-order valence-electron chi connectivity index (χ3n) is 1.91. The number of aliphatic carboxylic acids is 1. The Hall–Kier alpha value is -1.26. The zero-order chi connectivity index (χ0) is 9.84. The van der Waals surface area contributed by atoms with E-state index in [0.29, 0.717) is 6.04 Å². The van der Waals surface area contributed by atoms with Crippen LogP contribution in [0.2, 0.25) is 0 Å². The number of urea groups is 1. The summed E-state index contributed by atoms with van der Waals surface area (Å²) < 4.78 is 0. The molecule has 2 amide bonds. The van der Waals surface area contributed by atoms with Gasteiger partial charge in [0.05, 0.1) is 6.42 Å². The van der Waals surface area contributed by atoms with Gasteiger partial charge in [0.25, 0.3) is 0 Å². The van der Waals surface area contributed by atoms with Gasteiger partial charge in [0.15, 0.2) is 0 Å². The fourth-order valence-electron chi connectivity index (χ4n) is 0.877. The summed E-state index contributed by atoms with van der Waals surface area (Å²) in [6.07, 6.45) is 2.08. The topological polar surface area (TPSA) is 69.6 Å². The number of carboxylic acid groups (broad SMARTS) is 1. The molecule has 0 saturated heterocycles. The Labute approximate surface area is 76.7 Å². The third kappa shape index (κ3) is 3.78. The van der Waals surface area contributed by atoms with Crippen molar-refractivity contribution in [2.75, 3.05) is 13.6 Å². The van der Waals surface area contributed by atoms with Crippen LogP contribution in [-0.4, -0.2) is 41.6 Å². The Kier molecular flexibility index (Phi) is 3.11. The molecule has 0 spiro atoms. The molecule has 1 aliphatic carbocycles. The van der Waals surface area contributed by atoms with Gasteiger partial charge in [-0.2, -0.15) is 0 Å². The first-order valence-electron chi connectivity index (χ1n) is 4.33. The van der Waals surface area contributed by atoms with Crippen LogP contribution in [0.5, 0.6) is 0 Å². The standard InChI is InChI=1S/C8H14N2O3/c1-10(5-4-7(11)12)8(13)9-6-2-3-6/h6H,2-5H2,1H3,(H,9,13)(H,11,12). The van der Waals surface area contributed by atoms with E-state index < -0.39 is 5.97 Å². The van der Waals surface area contributed by atoms with Gasteiger partial charge in [-0.1, -0.05) is 0 Å². The van der Waals surface area contributed by atoms with E-state index in [4.69, 9.17) is 5.11 Å². The summed E-state index contributed by atoms with van der Waals surface area (Å²) in [7, 11) is 1.60. The molecule has 0 heterocycles. The highest BCUT2D eigenvalue weighted by atomic mass is 16.4. The lowest BCUT2D eigenvalue weighted by Gasteiger charge is -2.16. The SMILES string of the molecule is CN(CCC(=O)O)C(=O)NC1CC1. The highest BCUT2D eigenvalue weighted by molar-refractivity contribution is 5.75. The lowest BCUT2D eigenvalue weighted by molar-refractivity contribution is -0.137. The second-order valence-electron chi connectivity index (χ2n) is 3.29. The summed E-state index contributed by atoms with van der Waals surface area (Å²) in [6, 6.07) is 0.142. The number of hydrogen-bond acceptors (Lipinski definition) is 2. The van der Waals surface area contributed by atoms with Crippen molar-refractivity contribution >= 4 is 12.0 Å². The summed E-state index contributed by atoms with van der Waals surface area (Å²) in [5.41, 5.74) is 0. The van der Waals surface area contributed by atoms with Crippen molar-refractivity contribution in [1.29, 1.82) is 0 Å². The molecule has 13 heavy (non-hydrogen) atoms. The van der Waals surface area contributed by atoms with Crippen LogP contribution in [-0.2, 0) is 4.79 Å². The second kappa shape index (κ2) is 4.11. The largest absolute Gasteiger partial charge is 0.481 e. The number of carbonyl (C=O) groups is 2. The van der Waals surface area contributed by atoms with Crippen LogP contribution in [0.4, 0.5) is 4.79 Å². The molecule has 5 nitrogen and oxygen atoms in total. The van der Waals surface area contributed by atoms with Gasteiger partial charge in [0, 0.05) is 19.6 Å². The smallest absolute Gasteiger partial charge is 0.317 e. The van der Waals surface area contributed by atoms with Gasteiger partial charge in [-0.05, 0) is 12.8 Å². The van der Waals surface area contributed by atoms with Gasteiger partial charge in [-0.3, -0.25) is 4.79 Å². The molecule has 0 radical (unpaired) electrons. The molecule has 1 rings (SSSR count). The highest BCUT2D eigenvalue weighted by Gasteiger charge is 2.24. The van der Waals surface area contributed by atoms with E-state index in [9.17, 15) is 9.59 Å². The molecule has 1 saturated carbocycles. The molecule has 0 aromatic carbocycles. The average molecular weight is 186 g/mol. The number of carbonyl (C=O) groups excluding carboxylic acids is 1. The average Bonchev–Trinajstić information content (AvgIpc) is 2.83. The van der Waals surface area contributed by atoms with Crippen LogP contribution >= 0.6 is 0 Å². The van der Waals surface area contributed by atoms with E-state index in [1.54, 1.807) is 7.05 Å². The quantitative estimate of drug-likeness (QED) is 0.661. The monoisotopic (exact) mass is 186 g/mol. The van der Waals surface area contributed by atoms with Crippen molar-refractivity contribution in [3.8, 4) is 0 Å². The first kappa shape index (κ1) is 9.83. The molecule has 1 fully saturated rings.